The molecule has 1 aliphatic heterocycles. The van der Waals surface area contributed by atoms with Crippen LogP contribution in [0.25, 0.3) is 0 Å². The number of hydrogen-bond donors (Lipinski definition) is 1. The number of ether oxygens (including phenoxy) is 2. The number of hydrogen-bond acceptors (Lipinski definition) is 5. The van der Waals surface area contributed by atoms with Crippen LogP contribution in [0.1, 0.15) is 52.4 Å². The quantitative estimate of drug-likeness (QED) is 0.770. The third-order valence-electron chi connectivity index (χ3n) is 6.35. The number of amides is 1. The average Bonchev–Trinajstić information content (AvgIpc) is 3.10. The summed E-state index contributed by atoms with van der Waals surface area (Å²) in [5, 5.41) is 4.15. The molecule has 1 amide bonds. The Balaban J connectivity index is 1.50. The first-order valence-electron chi connectivity index (χ1n) is 10.7. The lowest BCUT2D eigenvalue weighted by molar-refractivity contribution is -0.140. The molecule has 2 N–H and O–H groups in total. The maximum absolute atomic E-state index is 12.8. The summed E-state index contributed by atoms with van der Waals surface area (Å²) in [5.74, 6) is 1.99. The molecule has 0 aromatic carbocycles. The minimum absolute atomic E-state index is 0.0142. The Morgan fingerprint density at radius 3 is 2.68 bits per heavy atom. The second-order valence-corrected chi connectivity index (χ2v) is 8.69. The molecule has 3 rings (SSSR count). The van der Waals surface area contributed by atoms with Crippen LogP contribution in [0.4, 0.5) is 0 Å². The van der Waals surface area contributed by atoms with Gasteiger partial charge in [-0.15, -0.1) is 5.10 Å². The molecule has 2 fully saturated rings. The van der Waals surface area contributed by atoms with Crippen LogP contribution < -0.4 is 10.5 Å². The highest BCUT2D eigenvalue weighted by Gasteiger charge is 2.34. The van der Waals surface area contributed by atoms with Gasteiger partial charge in [0, 0.05) is 31.9 Å². The molecule has 0 unspecified atom stereocenters. The van der Waals surface area contributed by atoms with Gasteiger partial charge in [0.2, 0.25) is 5.88 Å². The SMILES string of the molecule is CC(C)C1CCC(OC[C@H]2[C@@H](N)CCCN2C(=O)COc2ccn(C)n2)CC1. The van der Waals surface area contributed by atoms with Crippen LogP contribution in [0.3, 0.4) is 0 Å². The first-order chi connectivity index (χ1) is 13.4. The van der Waals surface area contributed by atoms with Crippen LogP contribution in [0.5, 0.6) is 5.88 Å². The molecule has 1 aromatic rings. The summed E-state index contributed by atoms with van der Waals surface area (Å²) in [4.78, 5) is 14.6. The molecule has 2 aliphatic rings. The van der Waals surface area contributed by atoms with Crippen molar-refractivity contribution in [1.29, 1.82) is 0 Å². The Morgan fingerprint density at radius 1 is 1.29 bits per heavy atom. The fraction of sp³-hybridized carbons (Fsp3) is 0.810. The van der Waals surface area contributed by atoms with Crippen molar-refractivity contribution < 1.29 is 14.3 Å². The Labute approximate surface area is 168 Å². The van der Waals surface area contributed by atoms with Gasteiger partial charge in [0.05, 0.1) is 18.8 Å². The highest BCUT2D eigenvalue weighted by atomic mass is 16.5. The number of rotatable bonds is 7. The second-order valence-electron chi connectivity index (χ2n) is 8.69. The Morgan fingerprint density at radius 2 is 2.04 bits per heavy atom. The monoisotopic (exact) mass is 392 g/mol. The maximum Gasteiger partial charge on any atom is 0.260 e. The van der Waals surface area contributed by atoms with Gasteiger partial charge in [-0.05, 0) is 50.4 Å². The van der Waals surface area contributed by atoms with E-state index in [1.807, 2.05) is 11.9 Å². The minimum atomic E-state index is -0.0728. The van der Waals surface area contributed by atoms with E-state index in [0.717, 1.165) is 37.5 Å². The topological polar surface area (TPSA) is 82.6 Å². The van der Waals surface area contributed by atoms with Crippen LogP contribution in [-0.4, -0.2) is 58.5 Å². The molecule has 1 saturated carbocycles. The third-order valence-corrected chi connectivity index (χ3v) is 6.35. The van der Waals surface area contributed by atoms with E-state index in [-0.39, 0.29) is 24.6 Å². The number of likely N-dealkylation sites (tertiary alicyclic amines) is 1. The van der Waals surface area contributed by atoms with E-state index in [1.54, 1.807) is 16.9 Å². The van der Waals surface area contributed by atoms with Crippen LogP contribution in [0, 0.1) is 11.8 Å². The first kappa shape index (κ1) is 21.1. The molecule has 1 saturated heterocycles. The maximum atomic E-state index is 12.8. The number of aromatic nitrogens is 2. The van der Waals surface area contributed by atoms with E-state index in [2.05, 4.69) is 18.9 Å². The predicted octanol–water partition coefficient (Wildman–Crippen LogP) is 2.35. The predicted molar refractivity (Wildman–Crippen MR) is 108 cm³/mol. The van der Waals surface area contributed by atoms with Gasteiger partial charge in [-0.3, -0.25) is 9.48 Å². The Bertz CT molecular complexity index is 625. The number of piperidine rings is 1. The molecular weight excluding hydrogens is 356 g/mol. The normalized spacial score (nSPS) is 28.5. The number of aryl methyl sites for hydroxylation is 1. The Kier molecular flexibility index (Phi) is 7.35. The van der Waals surface area contributed by atoms with Gasteiger partial charge in [-0.25, -0.2) is 0 Å². The summed E-state index contributed by atoms with van der Waals surface area (Å²) in [7, 11) is 1.82. The van der Waals surface area contributed by atoms with Crippen molar-refractivity contribution in [3.05, 3.63) is 12.3 Å². The summed E-state index contributed by atoms with van der Waals surface area (Å²) in [5.41, 5.74) is 6.36. The third kappa shape index (κ3) is 5.47. The lowest BCUT2D eigenvalue weighted by Crippen LogP contribution is -2.57. The summed E-state index contributed by atoms with van der Waals surface area (Å²) in [6, 6.07) is 1.64. The van der Waals surface area contributed by atoms with Gasteiger partial charge in [0.15, 0.2) is 6.61 Å². The van der Waals surface area contributed by atoms with E-state index < -0.39 is 0 Å². The van der Waals surface area contributed by atoms with Crippen molar-refractivity contribution in [3.63, 3.8) is 0 Å². The number of carbonyl (C=O) groups excluding carboxylic acids is 1. The zero-order chi connectivity index (χ0) is 20.1. The van der Waals surface area contributed by atoms with Gasteiger partial charge in [0.25, 0.3) is 5.91 Å². The van der Waals surface area contributed by atoms with E-state index >= 15 is 0 Å². The van der Waals surface area contributed by atoms with Crippen molar-refractivity contribution in [1.82, 2.24) is 14.7 Å². The van der Waals surface area contributed by atoms with Crippen LogP contribution in [0.2, 0.25) is 0 Å². The molecule has 2 heterocycles. The summed E-state index contributed by atoms with van der Waals surface area (Å²) < 4.78 is 13.4. The van der Waals surface area contributed by atoms with E-state index in [1.165, 1.54) is 12.8 Å². The first-order valence-corrected chi connectivity index (χ1v) is 10.7. The van der Waals surface area contributed by atoms with Crippen molar-refractivity contribution in [2.75, 3.05) is 19.8 Å². The van der Waals surface area contributed by atoms with Crippen LogP contribution in [0.15, 0.2) is 12.3 Å². The highest BCUT2D eigenvalue weighted by molar-refractivity contribution is 5.78. The lowest BCUT2D eigenvalue weighted by Gasteiger charge is -2.40. The number of nitrogens with two attached hydrogens (primary N) is 1. The smallest absolute Gasteiger partial charge is 0.260 e. The Hall–Kier alpha value is -1.60. The fourth-order valence-electron chi connectivity index (χ4n) is 4.46. The summed E-state index contributed by atoms with van der Waals surface area (Å²) >= 11 is 0. The van der Waals surface area contributed by atoms with Crippen LogP contribution >= 0.6 is 0 Å². The molecule has 0 spiro atoms. The van der Waals surface area contributed by atoms with Crippen molar-refractivity contribution in [3.8, 4) is 5.88 Å². The molecular formula is C21H36N4O3. The molecule has 1 aliphatic carbocycles. The molecule has 28 heavy (non-hydrogen) atoms. The molecule has 2 atom stereocenters. The van der Waals surface area contributed by atoms with Crippen molar-refractivity contribution in [2.24, 2.45) is 24.6 Å². The van der Waals surface area contributed by atoms with E-state index in [0.29, 0.717) is 25.1 Å². The van der Waals surface area contributed by atoms with E-state index in [9.17, 15) is 4.79 Å². The summed E-state index contributed by atoms with van der Waals surface area (Å²) in [6.45, 7) is 5.84. The number of nitrogens with zero attached hydrogens (tertiary/aromatic N) is 3. The molecule has 158 valence electrons. The fourth-order valence-corrected chi connectivity index (χ4v) is 4.46. The van der Waals surface area contributed by atoms with Gasteiger partial charge in [-0.2, -0.15) is 0 Å². The van der Waals surface area contributed by atoms with Crippen molar-refractivity contribution in [2.45, 2.75) is 70.6 Å². The molecule has 1 aromatic heterocycles. The van der Waals surface area contributed by atoms with Gasteiger partial charge in [-0.1, -0.05) is 13.8 Å². The van der Waals surface area contributed by atoms with Crippen LogP contribution in [-0.2, 0) is 16.6 Å². The lowest BCUT2D eigenvalue weighted by atomic mass is 9.80. The van der Waals surface area contributed by atoms with Gasteiger partial charge < -0.3 is 20.1 Å². The zero-order valence-electron chi connectivity index (χ0n) is 17.5. The molecule has 7 heteroatoms. The zero-order valence-corrected chi connectivity index (χ0v) is 17.5. The second kappa shape index (κ2) is 9.74. The standard InChI is InChI=1S/C21H36N4O3/c1-15(2)16-6-8-17(9-7-16)27-13-19-18(22)5-4-11-25(19)21(26)14-28-20-10-12-24(3)23-20/h10,12,15-19H,4-9,11,13-14,22H2,1-3H3/t16?,17?,18-,19-/m0/s1. The minimum Gasteiger partial charge on any atom is -0.467 e. The largest absolute Gasteiger partial charge is 0.467 e. The molecule has 7 nitrogen and oxygen atoms in total. The van der Waals surface area contributed by atoms with Crippen molar-refractivity contribution >= 4 is 5.91 Å². The summed E-state index contributed by atoms with van der Waals surface area (Å²) in [6.07, 6.45) is 8.64. The highest BCUT2D eigenvalue weighted by Crippen LogP contribution is 2.31. The molecule has 0 bridgehead atoms. The number of carbonyl (C=O) groups is 1. The van der Waals surface area contributed by atoms with Gasteiger partial charge >= 0.3 is 0 Å². The van der Waals surface area contributed by atoms with Gasteiger partial charge in [0.1, 0.15) is 0 Å². The average molecular weight is 393 g/mol. The molecule has 0 radical (unpaired) electrons. The van der Waals surface area contributed by atoms with E-state index in [4.69, 9.17) is 15.2 Å².